The van der Waals surface area contributed by atoms with Gasteiger partial charge in [-0.3, -0.25) is 0 Å². The maximum absolute atomic E-state index is 12.1. The van der Waals surface area contributed by atoms with Crippen LogP contribution < -0.4 is 4.74 Å². The number of halogens is 3. The largest absolute Gasteiger partial charge is 0.494 e. The van der Waals surface area contributed by atoms with Gasteiger partial charge in [0, 0.05) is 6.42 Å². The molecule has 1 aromatic rings. The second kappa shape index (κ2) is 9.88. The Balaban J connectivity index is 1.72. The van der Waals surface area contributed by atoms with Gasteiger partial charge in [-0.2, -0.15) is 13.2 Å². The molecule has 1 aliphatic carbocycles. The van der Waals surface area contributed by atoms with Crippen molar-refractivity contribution >= 4 is 0 Å². The third-order valence-electron chi connectivity index (χ3n) is 4.94. The Hall–Kier alpha value is -1.45. The molecule has 1 aliphatic rings. The van der Waals surface area contributed by atoms with E-state index in [9.17, 15) is 13.2 Å². The van der Waals surface area contributed by atoms with E-state index in [0.717, 1.165) is 12.3 Å². The van der Waals surface area contributed by atoms with Gasteiger partial charge >= 0.3 is 6.18 Å². The van der Waals surface area contributed by atoms with Crippen LogP contribution >= 0.6 is 0 Å². The Morgan fingerprint density at radius 1 is 1.04 bits per heavy atom. The predicted molar refractivity (Wildman–Crippen MR) is 96.0 cm³/mol. The molecule has 0 saturated heterocycles. The summed E-state index contributed by atoms with van der Waals surface area (Å²) in [5.41, 5.74) is 1.32. The van der Waals surface area contributed by atoms with E-state index in [-0.39, 0.29) is 13.0 Å². The smallest absolute Gasteiger partial charge is 0.389 e. The van der Waals surface area contributed by atoms with E-state index in [1.807, 2.05) is 12.1 Å². The SMILES string of the molecule is CC/C=C/CC1CCC(c2ccc(OCCCC(F)(F)F)cc2)CC1. The van der Waals surface area contributed by atoms with Gasteiger partial charge in [0.2, 0.25) is 0 Å². The molecule has 1 nitrogen and oxygen atoms in total. The molecule has 25 heavy (non-hydrogen) atoms. The number of allylic oxidation sites excluding steroid dienone is 2. The van der Waals surface area contributed by atoms with Crippen LogP contribution in [-0.2, 0) is 0 Å². The van der Waals surface area contributed by atoms with E-state index >= 15 is 0 Å². The van der Waals surface area contributed by atoms with Crippen LogP contribution in [0.15, 0.2) is 36.4 Å². The fourth-order valence-corrected chi connectivity index (χ4v) is 3.49. The van der Waals surface area contributed by atoms with E-state index in [0.29, 0.717) is 11.7 Å². The summed E-state index contributed by atoms with van der Waals surface area (Å²) >= 11 is 0. The van der Waals surface area contributed by atoms with Gasteiger partial charge in [-0.05, 0) is 74.5 Å². The lowest BCUT2D eigenvalue weighted by molar-refractivity contribution is -0.136. The molecule has 0 spiro atoms. The Labute approximate surface area is 149 Å². The van der Waals surface area contributed by atoms with Crippen molar-refractivity contribution in [2.45, 2.75) is 70.4 Å². The fraction of sp³-hybridized carbons (Fsp3) is 0.619. The van der Waals surface area contributed by atoms with E-state index < -0.39 is 12.6 Å². The van der Waals surface area contributed by atoms with Gasteiger partial charge in [-0.15, -0.1) is 0 Å². The molecule has 1 aromatic carbocycles. The van der Waals surface area contributed by atoms with Crippen molar-refractivity contribution in [3.8, 4) is 5.75 Å². The maximum Gasteiger partial charge on any atom is 0.389 e. The number of hydrogen-bond donors (Lipinski definition) is 0. The lowest BCUT2D eigenvalue weighted by Crippen LogP contribution is -2.13. The minimum atomic E-state index is -4.10. The predicted octanol–water partition coefficient (Wildman–Crippen LogP) is 7.04. The molecular formula is C21H29F3O. The lowest BCUT2D eigenvalue weighted by atomic mass is 9.77. The van der Waals surface area contributed by atoms with Crippen molar-refractivity contribution in [2.24, 2.45) is 5.92 Å². The van der Waals surface area contributed by atoms with Crippen LogP contribution in [0.25, 0.3) is 0 Å². The van der Waals surface area contributed by atoms with Crippen molar-refractivity contribution in [1.29, 1.82) is 0 Å². The summed E-state index contributed by atoms with van der Waals surface area (Å²) < 4.78 is 41.7. The highest BCUT2D eigenvalue weighted by atomic mass is 19.4. The molecule has 0 unspecified atom stereocenters. The average molecular weight is 354 g/mol. The maximum atomic E-state index is 12.1. The molecule has 0 bridgehead atoms. The summed E-state index contributed by atoms with van der Waals surface area (Å²) in [6.07, 6.45) is 6.97. The van der Waals surface area contributed by atoms with Crippen LogP contribution in [0.5, 0.6) is 5.75 Å². The zero-order valence-electron chi connectivity index (χ0n) is 15.0. The van der Waals surface area contributed by atoms with Crippen molar-refractivity contribution in [1.82, 2.24) is 0 Å². The van der Waals surface area contributed by atoms with Gasteiger partial charge in [0.05, 0.1) is 6.61 Å². The topological polar surface area (TPSA) is 9.23 Å². The highest BCUT2D eigenvalue weighted by Gasteiger charge is 2.26. The summed E-state index contributed by atoms with van der Waals surface area (Å²) in [5.74, 6) is 2.07. The summed E-state index contributed by atoms with van der Waals surface area (Å²) in [4.78, 5) is 0. The molecule has 0 aromatic heterocycles. The average Bonchev–Trinajstić information content (AvgIpc) is 2.59. The molecule has 0 radical (unpaired) electrons. The van der Waals surface area contributed by atoms with Crippen molar-refractivity contribution in [3.63, 3.8) is 0 Å². The minimum Gasteiger partial charge on any atom is -0.494 e. The molecule has 0 amide bonds. The highest BCUT2D eigenvalue weighted by Crippen LogP contribution is 2.37. The second-order valence-electron chi connectivity index (χ2n) is 6.97. The number of alkyl halides is 3. The second-order valence-corrected chi connectivity index (χ2v) is 6.97. The molecule has 2 rings (SSSR count). The molecule has 0 aliphatic heterocycles. The van der Waals surface area contributed by atoms with Crippen molar-refractivity contribution in [3.05, 3.63) is 42.0 Å². The number of ether oxygens (including phenoxy) is 1. The molecule has 1 fully saturated rings. The monoisotopic (exact) mass is 354 g/mol. The van der Waals surface area contributed by atoms with E-state index in [4.69, 9.17) is 4.74 Å². The Morgan fingerprint density at radius 2 is 1.72 bits per heavy atom. The van der Waals surface area contributed by atoms with Gasteiger partial charge in [-0.25, -0.2) is 0 Å². The Bertz CT molecular complexity index is 511. The van der Waals surface area contributed by atoms with Crippen molar-refractivity contribution in [2.75, 3.05) is 6.61 Å². The minimum absolute atomic E-state index is 0.00173. The van der Waals surface area contributed by atoms with E-state index in [1.54, 1.807) is 0 Å². The first-order valence-corrected chi connectivity index (χ1v) is 9.42. The Morgan fingerprint density at radius 3 is 2.32 bits per heavy atom. The molecule has 0 atom stereocenters. The van der Waals surface area contributed by atoms with Crippen LogP contribution in [-0.4, -0.2) is 12.8 Å². The quantitative estimate of drug-likeness (QED) is 0.359. The first kappa shape index (κ1) is 19.9. The van der Waals surface area contributed by atoms with Gasteiger partial charge in [0.25, 0.3) is 0 Å². The van der Waals surface area contributed by atoms with Gasteiger partial charge in [-0.1, -0.05) is 31.2 Å². The van der Waals surface area contributed by atoms with Crippen molar-refractivity contribution < 1.29 is 17.9 Å². The fourth-order valence-electron chi connectivity index (χ4n) is 3.49. The lowest BCUT2D eigenvalue weighted by Gasteiger charge is -2.28. The first-order chi connectivity index (χ1) is 12.0. The number of benzene rings is 1. The summed E-state index contributed by atoms with van der Waals surface area (Å²) in [6, 6.07) is 7.92. The van der Waals surface area contributed by atoms with Gasteiger partial charge in [0.15, 0.2) is 0 Å². The molecule has 0 heterocycles. The number of rotatable bonds is 8. The third kappa shape index (κ3) is 7.54. The highest BCUT2D eigenvalue weighted by molar-refractivity contribution is 5.29. The van der Waals surface area contributed by atoms with Crippen LogP contribution in [0, 0.1) is 5.92 Å². The third-order valence-corrected chi connectivity index (χ3v) is 4.94. The molecule has 4 heteroatoms. The molecular weight excluding hydrogens is 325 g/mol. The summed E-state index contributed by atoms with van der Waals surface area (Å²) in [5, 5.41) is 0. The normalized spacial score (nSPS) is 21.6. The van der Waals surface area contributed by atoms with Crippen LogP contribution in [0.3, 0.4) is 0 Å². The zero-order valence-corrected chi connectivity index (χ0v) is 15.0. The van der Waals surface area contributed by atoms with Crippen LogP contribution in [0.2, 0.25) is 0 Å². The van der Waals surface area contributed by atoms with Crippen LogP contribution in [0.1, 0.15) is 69.8 Å². The summed E-state index contributed by atoms with van der Waals surface area (Å²) in [7, 11) is 0. The van der Waals surface area contributed by atoms with E-state index in [1.165, 1.54) is 37.7 Å². The Kier molecular flexibility index (Phi) is 7.86. The van der Waals surface area contributed by atoms with Gasteiger partial charge < -0.3 is 4.74 Å². The standard InChI is InChI=1S/C21H29F3O/c1-2-3-4-6-17-7-9-18(10-8-17)19-11-13-20(14-12-19)25-16-5-15-21(22,23)24/h3-4,11-14,17-18H,2,5-10,15-16H2,1H3/b4-3+. The molecule has 0 N–H and O–H groups in total. The van der Waals surface area contributed by atoms with E-state index in [2.05, 4.69) is 31.2 Å². The zero-order chi connectivity index (χ0) is 18.1. The summed E-state index contributed by atoms with van der Waals surface area (Å²) in [6.45, 7) is 2.27. The number of hydrogen-bond acceptors (Lipinski definition) is 1. The van der Waals surface area contributed by atoms with Crippen LogP contribution in [0.4, 0.5) is 13.2 Å². The first-order valence-electron chi connectivity index (χ1n) is 9.42. The molecule has 140 valence electrons. The molecule has 1 saturated carbocycles. The van der Waals surface area contributed by atoms with Gasteiger partial charge in [0.1, 0.15) is 5.75 Å².